The molecule has 0 radical (unpaired) electrons. The zero-order chi connectivity index (χ0) is 25.3. The van der Waals surface area contributed by atoms with Gasteiger partial charge in [-0.3, -0.25) is 9.78 Å². The molecule has 184 valence electrons. The molecule has 1 saturated heterocycles. The summed E-state index contributed by atoms with van der Waals surface area (Å²) in [5.41, 5.74) is 5.00. The maximum atomic E-state index is 12.3. The van der Waals surface area contributed by atoms with Gasteiger partial charge in [0.25, 0.3) is 0 Å². The first kappa shape index (κ1) is 23.9. The third-order valence-electron chi connectivity index (χ3n) is 5.78. The van der Waals surface area contributed by atoms with Gasteiger partial charge in [-0.15, -0.1) is 0 Å². The maximum absolute atomic E-state index is 12.3. The van der Waals surface area contributed by atoms with Crippen molar-refractivity contribution in [2.24, 2.45) is 10.2 Å². The molecule has 0 saturated carbocycles. The quantitative estimate of drug-likeness (QED) is 0.299. The maximum Gasteiger partial charge on any atom is 0.360 e. The largest absolute Gasteiger partial charge is 0.378 e. The molecule has 1 fully saturated rings. The number of nitrogens with zero attached hydrogens (tertiary/aromatic N) is 7. The summed E-state index contributed by atoms with van der Waals surface area (Å²) in [5, 5.41) is 10.8. The van der Waals surface area contributed by atoms with E-state index >= 15 is 0 Å². The van der Waals surface area contributed by atoms with Crippen LogP contribution in [-0.4, -0.2) is 47.2 Å². The third-order valence-corrected chi connectivity index (χ3v) is 5.78. The Bertz CT molecular complexity index is 1400. The predicted molar refractivity (Wildman–Crippen MR) is 139 cm³/mol. The summed E-state index contributed by atoms with van der Waals surface area (Å²) >= 11 is 0. The normalized spacial score (nSPS) is 12.9. The summed E-state index contributed by atoms with van der Waals surface area (Å²) in [6.45, 7) is 3.63. The Kier molecular flexibility index (Phi) is 7.61. The minimum Gasteiger partial charge on any atom is -0.378 e. The number of morpholine rings is 1. The lowest BCUT2D eigenvalue weighted by Gasteiger charge is -2.28. The highest BCUT2D eigenvalue weighted by molar-refractivity contribution is 5.94. The molecule has 5 rings (SSSR count). The lowest BCUT2D eigenvalue weighted by atomic mass is 10.1. The number of pyridine rings is 1. The second-order valence-electron chi connectivity index (χ2n) is 8.26. The van der Waals surface area contributed by atoms with Gasteiger partial charge < -0.3 is 15.0 Å². The number of nitrogens with one attached hydrogen (secondary N) is 1. The number of carbonyl (C=O) groups is 1. The Morgan fingerprint density at radius 3 is 2.46 bits per heavy atom. The Balaban J connectivity index is 1.21. The lowest BCUT2D eigenvalue weighted by Crippen LogP contribution is -2.36. The van der Waals surface area contributed by atoms with E-state index in [0.717, 1.165) is 48.8 Å². The van der Waals surface area contributed by atoms with Gasteiger partial charge in [-0.25, -0.2) is 9.97 Å². The van der Waals surface area contributed by atoms with E-state index in [-0.39, 0.29) is 0 Å². The topological polar surface area (TPSA) is 119 Å². The Labute approximate surface area is 213 Å². The first-order valence-electron chi connectivity index (χ1n) is 11.9. The number of hydrogen-bond donors (Lipinski definition) is 1. The predicted octanol–water partition coefficient (Wildman–Crippen LogP) is 4.43. The molecule has 0 spiro atoms. The number of carbonyl (C=O) groups excluding carboxylic acids is 1. The average Bonchev–Trinajstić information content (AvgIpc) is 2.97. The van der Waals surface area contributed by atoms with E-state index < -0.39 is 5.91 Å². The van der Waals surface area contributed by atoms with Gasteiger partial charge in [-0.1, -0.05) is 12.1 Å². The van der Waals surface area contributed by atoms with Crippen LogP contribution in [0.15, 0.2) is 95.5 Å². The van der Waals surface area contributed by atoms with Crippen LogP contribution in [0.3, 0.4) is 0 Å². The molecule has 4 aromatic rings. The zero-order valence-corrected chi connectivity index (χ0v) is 20.1. The van der Waals surface area contributed by atoms with Gasteiger partial charge >= 0.3 is 5.91 Å². The molecule has 3 heterocycles. The molecule has 1 amide bonds. The van der Waals surface area contributed by atoms with Gasteiger partial charge in [0.2, 0.25) is 16.0 Å². The lowest BCUT2D eigenvalue weighted by molar-refractivity contribution is 0.0992. The first-order valence-corrected chi connectivity index (χ1v) is 11.9. The number of amides is 1. The van der Waals surface area contributed by atoms with E-state index in [1.807, 2.05) is 42.5 Å². The monoisotopic (exact) mass is 493 g/mol. The van der Waals surface area contributed by atoms with Crippen molar-refractivity contribution in [3.8, 4) is 11.3 Å². The van der Waals surface area contributed by atoms with E-state index in [1.165, 1.54) is 5.69 Å². The number of aromatic nitrogens is 3. The van der Waals surface area contributed by atoms with Crippen LogP contribution in [0.4, 0.5) is 17.3 Å². The fraction of sp³-hybridized carbons (Fsp3) is 0.185. The van der Waals surface area contributed by atoms with E-state index in [0.29, 0.717) is 18.1 Å². The molecular weight excluding hydrogens is 468 g/mol. The number of hydrogen-bond acceptors (Lipinski definition) is 8. The highest BCUT2D eigenvalue weighted by Gasteiger charge is 2.12. The van der Waals surface area contributed by atoms with Crippen LogP contribution >= 0.6 is 0 Å². The van der Waals surface area contributed by atoms with Crippen molar-refractivity contribution in [2.45, 2.75) is 6.54 Å². The van der Waals surface area contributed by atoms with Gasteiger partial charge in [0.1, 0.15) is 11.7 Å². The molecular formula is C27H25N8O2+. The van der Waals surface area contributed by atoms with Crippen LogP contribution < -0.4 is 15.1 Å². The Morgan fingerprint density at radius 2 is 1.70 bits per heavy atom. The fourth-order valence-electron chi connectivity index (χ4n) is 3.80. The standard InChI is InChI=1S/C27H24N8O2/c36-26(33-34-30-19-20-9-12-28-13-10-20)22-3-1-21(2-4-22)25-11-14-29-27(32-25)31-23-5-7-24(8-6-23)35-15-17-37-18-16-35/h1-14H,15-19H2/p+1. The molecule has 1 aliphatic rings. The molecule has 2 aromatic heterocycles. The Hall–Kier alpha value is -4.79. The van der Waals surface area contributed by atoms with E-state index in [1.54, 1.807) is 30.7 Å². The summed E-state index contributed by atoms with van der Waals surface area (Å²) in [5.74, 6) is 0.0250. The molecule has 0 bridgehead atoms. The van der Waals surface area contributed by atoms with Gasteiger partial charge in [0, 0.05) is 54.2 Å². The summed E-state index contributed by atoms with van der Waals surface area (Å²) < 4.78 is 5.42. The first-order chi connectivity index (χ1) is 18.2. The van der Waals surface area contributed by atoms with Crippen molar-refractivity contribution in [2.75, 3.05) is 36.5 Å². The molecule has 0 unspecified atom stereocenters. The highest BCUT2D eigenvalue weighted by Crippen LogP contribution is 2.23. The van der Waals surface area contributed by atoms with Gasteiger partial charge in [0.05, 0.1) is 18.9 Å². The van der Waals surface area contributed by atoms with Crippen LogP contribution in [0.25, 0.3) is 11.3 Å². The van der Waals surface area contributed by atoms with Crippen LogP contribution in [0.1, 0.15) is 15.9 Å². The van der Waals surface area contributed by atoms with E-state index in [2.05, 4.69) is 52.4 Å². The molecule has 1 aliphatic heterocycles. The zero-order valence-electron chi connectivity index (χ0n) is 20.1. The summed E-state index contributed by atoms with van der Waals surface area (Å²) in [6.07, 6.45) is 5.05. The van der Waals surface area contributed by atoms with E-state index in [4.69, 9.17) is 4.74 Å². The molecule has 0 atom stereocenters. The second kappa shape index (κ2) is 11.8. The molecule has 10 heteroatoms. The highest BCUT2D eigenvalue weighted by atomic mass is 16.5. The van der Waals surface area contributed by atoms with Crippen LogP contribution in [-0.2, 0) is 11.3 Å². The summed E-state index contributed by atoms with van der Waals surface area (Å²) in [7, 11) is 0. The van der Waals surface area contributed by atoms with Gasteiger partial charge in [0.15, 0.2) is 0 Å². The van der Waals surface area contributed by atoms with Crippen LogP contribution in [0, 0.1) is 0 Å². The van der Waals surface area contributed by atoms with Crippen molar-refractivity contribution in [3.05, 3.63) is 96.4 Å². The molecule has 37 heavy (non-hydrogen) atoms. The van der Waals surface area contributed by atoms with Gasteiger partial charge in [-0.05, 0) is 60.2 Å². The Morgan fingerprint density at radius 1 is 0.946 bits per heavy atom. The molecule has 0 aliphatic carbocycles. The van der Waals surface area contributed by atoms with Crippen molar-refractivity contribution >= 4 is 23.2 Å². The van der Waals surface area contributed by atoms with Crippen molar-refractivity contribution in [1.29, 1.82) is 0 Å². The number of rotatable bonds is 7. The van der Waals surface area contributed by atoms with Crippen LogP contribution in [0.5, 0.6) is 0 Å². The minimum atomic E-state index is -0.462. The van der Waals surface area contributed by atoms with Gasteiger partial charge in [-0.2, -0.15) is 0 Å². The number of benzene rings is 2. The van der Waals surface area contributed by atoms with E-state index in [9.17, 15) is 4.79 Å². The molecule has 2 aromatic carbocycles. The molecule has 10 nitrogen and oxygen atoms in total. The summed E-state index contributed by atoms with van der Waals surface area (Å²) in [6, 6.07) is 20.7. The summed E-state index contributed by atoms with van der Waals surface area (Å²) in [4.78, 5) is 31.2. The number of anilines is 3. The fourth-order valence-corrected chi connectivity index (χ4v) is 3.80. The minimum absolute atomic E-state index is 0.334. The second-order valence-corrected chi connectivity index (χ2v) is 8.26. The SMILES string of the molecule is O=C(N=[N+]=NCc1ccncc1)c1ccc(-c2ccnc(Nc3ccc(N4CCOCC4)cc3)n2)cc1. The number of ether oxygens (including phenoxy) is 1. The van der Waals surface area contributed by atoms with Crippen molar-refractivity contribution < 1.29 is 9.53 Å². The average molecular weight is 494 g/mol. The third kappa shape index (κ3) is 6.46. The van der Waals surface area contributed by atoms with Crippen molar-refractivity contribution in [1.82, 2.24) is 19.9 Å². The molecule has 1 N–H and O–H groups in total. The van der Waals surface area contributed by atoms with Crippen LogP contribution in [0.2, 0.25) is 0 Å². The smallest absolute Gasteiger partial charge is 0.360 e. The van der Waals surface area contributed by atoms with Crippen molar-refractivity contribution in [3.63, 3.8) is 0 Å².